The first-order chi connectivity index (χ1) is 13.9. The molecule has 0 saturated carbocycles. The van der Waals surface area contributed by atoms with Crippen molar-refractivity contribution in [3.05, 3.63) is 59.9 Å². The third kappa shape index (κ3) is 4.04. The largest absolute Gasteiger partial charge is 0.486 e. The van der Waals surface area contributed by atoms with Gasteiger partial charge in [-0.3, -0.25) is 0 Å². The van der Waals surface area contributed by atoms with Crippen LogP contribution in [-0.4, -0.2) is 36.6 Å². The van der Waals surface area contributed by atoms with Crippen LogP contribution in [0.1, 0.15) is 11.0 Å². The van der Waals surface area contributed by atoms with E-state index in [4.69, 9.17) is 13.9 Å². The van der Waals surface area contributed by atoms with Crippen LogP contribution in [0.3, 0.4) is 0 Å². The molecule has 1 aromatic carbocycles. The Hall–Kier alpha value is -2.34. The van der Waals surface area contributed by atoms with Gasteiger partial charge >= 0.3 is 0 Å². The van der Waals surface area contributed by atoms with E-state index in [0.717, 1.165) is 11.3 Å². The molecular formula is C18H17NO7S3. The smallest absolute Gasteiger partial charge is 0.240 e. The second-order valence-corrected chi connectivity index (χ2v) is 11.2. The number of rotatable bonds is 7. The Morgan fingerprint density at radius 2 is 1.79 bits per heavy atom. The van der Waals surface area contributed by atoms with Crippen LogP contribution in [0.25, 0.3) is 0 Å². The lowest BCUT2D eigenvalue weighted by molar-refractivity contribution is 0.171. The fourth-order valence-electron chi connectivity index (χ4n) is 2.86. The molecule has 1 aliphatic rings. The highest BCUT2D eigenvalue weighted by molar-refractivity contribution is 7.93. The average molecular weight is 456 g/mol. The molecule has 3 heterocycles. The molecule has 1 aliphatic heterocycles. The van der Waals surface area contributed by atoms with Crippen LogP contribution in [-0.2, 0) is 19.9 Å². The van der Waals surface area contributed by atoms with E-state index >= 15 is 0 Å². The summed E-state index contributed by atoms with van der Waals surface area (Å²) in [5, 5.41) is 0.439. The van der Waals surface area contributed by atoms with E-state index in [2.05, 4.69) is 4.72 Å². The zero-order valence-corrected chi connectivity index (χ0v) is 17.4. The summed E-state index contributed by atoms with van der Waals surface area (Å²) in [6.45, 7) is 0.330. The Morgan fingerprint density at radius 1 is 1.00 bits per heavy atom. The topological polar surface area (TPSA) is 112 Å². The van der Waals surface area contributed by atoms with Gasteiger partial charge in [0.05, 0.1) is 11.2 Å². The van der Waals surface area contributed by atoms with Crippen molar-refractivity contribution in [3.8, 4) is 11.5 Å². The van der Waals surface area contributed by atoms with Gasteiger partial charge < -0.3 is 13.9 Å². The van der Waals surface area contributed by atoms with Gasteiger partial charge in [-0.25, -0.2) is 21.6 Å². The van der Waals surface area contributed by atoms with Crippen molar-refractivity contribution in [1.29, 1.82) is 0 Å². The molecule has 0 radical (unpaired) electrons. The van der Waals surface area contributed by atoms with Crippen LogP contribution < -0.4 is 14.2 Å². The summed E-state index contributed by atoms with van der Waals surface area (Å²) in [5.41, 5.74) is 0. The van der Waals surface area contributed by atoms with Crippen LogP contribution >= 0.6 is 11.3 Å². The molecule has 8 nitrogen and oxygen atoms in total. The van der Waals surface area contributed by atoms with Gasteiger partial charge in [0.2, 0.25) is 10.0 Å². The summed E-state index contributed by atoms with van der Waals surface area (Å²) in [6.07, 6.45) is 1.35. The minimum atomic E-state index is -4.00. The number of sulfonamides is 1. The monoisotopic (exact) mass is 455 g/mol. The van der Waals surface area contributed by atoms with E-state index in [1.165, 1.54) is 36.6 Å². The van der Waals surface area contributed by atoms with Crippen molar-refractivity contribution in [1.82, 2.24) is 4.72 Å². The molecule has 0 spiro atoms. The Kier molecular flexibility index (Phi) is 5.38. The quantitative estimate of drug-likeness (QED) is 0.583. The van der Waals surface area contributed by atoms with E-state index in [0.29, 0.717) is 24.7 Å². The van der Waals surface area contributed by atoms with E-state index in [1.54, 1.807) is 17.5 Å². The third-order valence-electron chi connectivity index (χ3n) is 4.29. The average Bonchev–Trinajstić information content (AvgIpc) is 3.42. The first-order valence-corrected chi connectivity index (χ1v) is 12.5. The molecule has 0 aliphatic carbocycles. The van der Waals surface area contributed by atoms with Gasteiger partial charge in [0, 0.05) is 12.6 Å². The summed E-state index contributed by atoms with van der Waals surface area (Å²) >= 11 is 1.06. The summed E-state index contributed by atoms with van der Waals surface area (Å²) in [6, 6.07) is 10.4. The first-order valence-electron chi connectivity index (χ1n) is 8.58. The SMILES string of the molecule is O=S(=O)(NCC(c1ccco1)S(=O)(=O)c1cccs1)c1ccc2c(c1)OCCO2. The first kappa shape index (κ1) is 20.0. The molecule has 1 N–H and O–H groups in total. The van der Waals surface area contributed by atoms with Gasteiger partial charge in [-0.2, -0.15) is 0 Å². The molecule has 1 unspecified atom stereocenters. The fourth-order valence-corrected chi connectivity index (χ4v) is 6.82. The molecule has 3 aromatic rings. The molecule has 2 aromatic heterocycles. The molecule has 29 heavy (non-hydrogen) atoms. The van der Waals surface area contributed by atoms with Crippen molar-refractivity contribution >= 4 is 31.2 Å². The standard InChI is InChI=1S/C18H17NO7S3/c20-28(21,18-4-2-10-27-18)17(15-3-1-7-24-15)12-19-29(22,23)13-5-6-14-16(11-13)26-9-8-25-14/h1-7,10-11,17,19H,8-9,12H2. The molecule has 0 fully saturated rings. The van der Waals surface area contributed by atoms with Crippen LogP contribution in [0.2, 0.25) is 0 Å². The van der Waals surface area contributed by atoms with Crippen molar-refractivity contribution in [2.24, 2.45) is 0 Å². The third-order valence-corrected chi connectivity index (χ3v) is 9.21. The highest BCUT2D eigenvalue weighted by atomic mass is 32.2. The Labute approximate surface area is 172 Å². The van der Waals surface area contributed by atoms with Crippen molar-refractivity contribution in [2.45, 2.75) is 14.4 Å². The van der Waals surface area contributed by atoms with Gasteiger partial charge in [-0.1, -0.05) is 6.07 Å². The van der Waals surface area contributed by atoms with Crippen LogP contribution in [0, 0.1) is 0 Å². The number of nitrogens with one attached hydrogen (secondary N) is 1. The minimum Gasteiger partial charge on any atom is -0.486 e. The number of fused-ring (bicyclic) bond motifs is 1. The predicted molar refractivity (Wildman–Crippen MR) is 106 cm³/mol. The molecule has 0 saturated heterocycles. The zero-order valence-electron chi connectivity index (χ0n) is 15.0. The lowest BCUT2D eigenvalue weighted by Gasteiger charge is -2.19. The number of ether oxygens (including phenoxy) is 2. The molecule has 154 valence electrons. The highest BCUT2D eigenvalue weighted by Gasteiger charge is 2.33. The number of thiophene rings is 1. The van der Waals surface area contributed by atoms with Gasteiger partial charge in [0.15, 0.2) is 21.3 Å². The maximum Gasteiger partial charge on any atom is 0.240 e. The van der Waals surface area contributed by atoms with E-state index in [9.17, 15) is 16.8 Å². The zero-order chi connectivity index (χ0) is 20.5. The van der Waals surface area contributed by atoms with Crippen molar-refractivity contribution in [3.63, 3.8) is 0 Å². The van der Waals surface area contributed by atoms with E-state index < -0.39 is 25.1 Å². The van der Waals surface area contributed by atoms with Crippen LogP contribution in [0.5, 0.6) is 11.5 Å². The van der Waals surface area contributed by atoms with Gasteiger partial charge in [0.25, 0.3) is 0 Å². The fraction of sp³-hybridized carbons (Fsp3) is 0.222. The Morgan fingerprint density at radius 3 is 2.48 bits per heavy atom. The summed E-state index contributed by atoms with van der Waals surface area (Å²) in [5.74, 6) is 0.945. The summed E-state index contributed by atoms with van der Waals surface area (Å²) in [7, 11) is -7.84. The molecule has 1 atom stereocenters. The second kappa shape index (κ2) is 7.82. The molecule has 11 heteroatoms. The number of benzene rings is 1. The molecule has 0 bridgehead atoms. The van der Waals surface area contributed by atoms with Crippen LogP contribution in [0.15, 0.2) is 67.6 Å². The molecule has 4 rings (SSSR count). The number of furan rings is 1. The maximum absolute atomic E-state index is 13.0. The van der Waals surface area contributed by atoms with Crippen LogP contribution in [0.4, 0.5) is 0 Å². The van der Waals surface area contributed by atoms with Gasteiger partial charge in [-0.05, 0) is 35.7 Å². The number of hydrogen-bond donors (Lipinski definition) is 1. The maximum atomic E-state index is 13.0. The predicted octanol–water partition coefficient (Wildman–Crippen LogP) is 2.61. The van der Waals surface area contributed by atoms with Crippen molar-refractivity contribution in [2.75, 3.05) is 19.8 Å². The molecular weight excluding hydrogens is 438 g/mol. The number of hydrogen-bond acceptors (Lipinski definition) is 8. The Balaban J connectivity index is 1.60. The lowest BCUT2D eigenvalue weighted by atomic mass is 10.3. The molecule has 0 amide bonds. The van der Waals surface area contributed by atoms with Crippen molar-refractivity contribution < 1.29 is 30.7 Å². The lowest BCUT2D eigenvalue weighted by Crippen LogP contribution is -2.31. The highest BCUT2D eigenvalue weighted by Crippen LogP contribution is 2.34. The minimum absolute atomic E-state index is 0.0477. The van der Waals surface area contributed by atoms with E-state index in [1.807, 2.05) is 0 Å². The van der Waals surface area contributed by atoms with E-state index in [-0.39, 0.29) is 21.4 Å². The normalized spacial score (nSPS) is 15.2. The number of sulfone groups is 1. The van der Waals surface area contributed by atoms with Gasteiger partial charge in [-0.15, -0.1) is 11.3 Å². The summed E-state index contributed by atoms with van der Waals surface area (Å²) < 4.78 is 70.2. The van der Waals surface area contributed by atoms with Gasteiger partial charge in [0.1, 0.15) is 28.4 Å². The second-order valence-electron chi connectivity index (χ2n) is 6.14. The summed E-state index contributed by atoms with van der Waals surface area (Å²) in [4.78, 5) is -0.0477. The Bertz CT molecular complexity index is 1180.